The lowest BCUT2D eigenvalue weighted by molar-refractivity contribution is 0.0953. The van der Waals surface area contributed by atoms with Crippen molar-refractivity contribution in [2.45, 2.75) is 6.42 Å². The molecule has 0 fully saturated rings. The normalized spacial score (nSPS) is 10.8. The van der Waals surface area contributed by atoms with Gasteiger partial charge in [0.15, 0.2) is 0 Å². The Morgan fingerprint density at radius 1 is 1.32 bits per heavy atom. The molecule has 0 aliphatic rings. The summed E-state index contributed by atoms with van der Waals surface area (Å²) in [5, 5.41) is 4.69. The average molecular weight is 379 g/mol. The number of aromatic amines is 1. The molecule has 112 valence electrons. The Bertz CT molecular complexity index is 831. The number of pyridine rings is 1. The van der Waals surface area contributed by atoms with E-state index in [0.717, 1.165) is 27.4 Å². The molecule has 2 heterocycles. The third kappa shape index (κ3) is 3.31. The summed E-state index contributed by atoms with van der Waals surface area (Å²) in [5.41, 5.74) is 2.71. The molecule has 0 saturated carbocycles. The standard InChI is InChI=1S/C16H13BrClN3O/c17-12-5-11(7-19-9-12)16(22)20-4-3-10-8-21-15-2-1-13(18)6-14(10)15/h1-2,5-9,21H,3-4H2,(H,20,22). The minimum atomic E-state index is -0.133. The molecule has 0 bridgehead atoms. The van der Waals surface area contributed by atoms with Crippen molar-refractivity contribution in [2.75, 3.05) is 6.54 Å². The predicted octanol–water partition coefficient (Wildman–Crippen LogP) is 3.95. The van der Waals surface area contributed by atoms with Crippen molar-refractivity contribution in [1.29, 1.82) is 0 Å². The molecule has 2 aromatic heterocycles. The molecule has 0 aliphatic heterocycles. The number of rotatable bonds is 4. The Morgan fingerprint density at radius 2 is 2.18 bits per heavy atom. The number of H-pyrrole nitrogens is 1. The van der Waals surface area contributed by atoms with Gasteiger partial charge in [-0.25, -0.2) is 0 Å². The molecule has 4 nitrogen and oxygen atoms in total. The predicted molar refractivity (Wildman–Crippen MR) is 91.3 cm³/mol. The number of aromatic nitrogens is 2. The first-order valence-corrected chi connectivity index (χ1v) is 7.95. The van der Waals surface area contributed by atoms with Crippen molar-refractivity contribution in [1.82, 2.24) is 15.3 Å². The van der Waals surface area contributed by atoms with Gasteiger partial charge in [0.2, 0.25) is 0 Å². The molecule has 0 saturated heterocycles. The summed E-state index contributed by atoms with van der Waals surface area (Å²) in [5.74, 6) is -0.133. The van der Waals surface area contributed by atoms with Crippen LogP contribution in [0.1, 0.15) is 15.9 Å². The van der Waals surface area contributed by atoms with E-state index in [4.69, 9.17) is 11.6 Å². The Morgan fingerprint density at radius 3 is 3.00 bits per heavy atom. The molecule has 6 heteroatoms. The summed E-state index contributed by atoms with van der Waals surface area (Å²) in [6.45, 7) is 0.546. The van der Waals surface area contributed by atoms with Crippen LogP contribution >= 0.6 is 27.5 Å². The molecule has 0 unspecified atom stereocenters. The van der Waals surface area contributed by atoms with Gasteiger partial charge < -0.3 is 10.3 Å². The van der Waals surface area contributed by atoms with Crippen LogP contribution < -0.4 is 5.32 Å². The number of hydrogen-bond acceptors (Lipinski definition) is 2. The number of carbonyl (C=O) groups excluding carboxylic acids is 1. The van der Waals surface area contributed by atoms with Crippen molar-refractivity contribution < 1.29 is 4.79 Å². The highest BCUT2D eigenvalue weighted by atomic mass is 79.9. The van der Waals surface area contributed by atoms with Crippen LogP contribution in [-0.2, 0) is 6.42 Å². The zero-order chi connectivity index (χ0) is 15.5. The van der Waals surface area contributed by atoms with E-state index in [2.05, 4.69) is 31.2 Å². The molecule has 1 amide bonds. The smallest absolute Gasteiger partial charge is 0.252 e. The topological polar surface area (TPSA) is 57.8 Å². The fraction of sp³-hybridized carbons (Fsp3) is 0.125. The molecule has 0 aliphatic carbocycles. The first kappa shape index (κ1) is 15.1. The third-order valence-electron chi connectivity index (χ3n) is 3.38. The molecule has 0 spiro atoms. The maximum Gasteiger partial charge on any atom is 0.252 e. The van der Waals surface area contributed by atoms with Crippen LogP contribution in [0, 0.1) is 0 Å². The third-order valence-corrected chi connectivity index (χ3v) is 4.05. The average Bonchev–Trinajstić information content (AvgIpc) is 2.89. The van der Waals surface area contributed by atoms with E-state index in [9.17, 15) is 4.79 Å². The SMILES string of the molecule is O=C(NCCc1c[nH]c2ccc(Cl)cc12)c1cncc(Br)c1. The number of nitrogens with one attached hydrogen (secondary N) is 2. The van der Waals surface area contributed by atoms with E-state index in [-0.39, 0.29) is 5.91 Å². The quantitative estimate of drug-likeness (QED) is 0.722. The summed E-state index contributed by atoms with van der Waals surface area (Å²) < 4.78 is 0.784. The second-order valence-electron chi connectivity index (χ2n) is 4.90. The summed E-state index contributed by atoms with van der Waals surface area (Å²) >= 11 is 9.34. The second kappa shape index (κ2) is 6.50. The number of nitrogens with zero attached hydrogens (tertiary/aromatic N) is 1. The van der Waals surface area contributed by atoms with Gasteiger partial charge in [0, 0.05) is 45.5 Å². The van der Waals surface area contributed by atoms with Gasteiger partial charge in [-0.15, -0.1) is 0 Å². The molecular formula is C16H13BrClN3O. The number of fused-ring (bicyclic) bond motifs is 1. The van der Waals surface area contributed by atoms with Gasteiger partial charge in [-0.05, 0) is 52.2 Å². The van der Waals surface area contributed by atoms with Gasteiger partial charge >= 0.3 is 0 Å². The highest BCUT2D eigenvalue weighted by molar-refractivity contribution is 9.10. The van der Waals surface area contributed by atoms with Crippen molar-refractivity contribution in [3.05, 3.63) is 63.5 Å². The Kier molecular flexibility index (Phi) is 4.45. The lowest BCUT2D eigenvalue weighted by Crippen LogP contribution is -2.25. The zero-order valence-corrected chi connectivity index (χ0v) is 13.9. The van der Waals surface area contributed by atoms with E-state index in [1.807, 2.05) is 24.4 Å². The monoisotopic (exact) mass is 377 g/mol. The minimum absolute atomic E-state index is 0.133. The van der Waals surface area contributed by atoms with Crippen LogP contribution in [0.3, 0.4) is 0 Å². The first-order chi connectivity index (χ1) is 10.6. The maximum absolute atomic E-state index is 12.0. The molecule has 2 N–H and O–H groups in total. The highest BCUT2D eigenvalue weighted by Gasteiger charge is 2.08. The van der Waals surface area contributed by atoms with Crippen molar-refractivity contribution in [3.8, 4) is 0 Å². The summed E-state index contributed by atoms with van der Waals surface area (Å²) in [7, 11) is 0. The molecular weight excluding hydrogens is 366 g/mol. The van der Waals surface area contributed by atoms with E-state index in [1.165, 1.54) is 0 Å². The Labute approximate surface area is 141 Å². The molecule has 3 rings (SSSR count). The lowest BCUT2D eigenvalue weighted by Gasteiger charge is -2.05. The first-order valence-electron chi connectivity index (χ1n) is 6.78. The Balaban J connectivity index is 1.65. The van der Waals surface area contributed by atoms with Crippen molar-refractivity contribution in [2.24, 2.45) is 0 Å². The minimum Gasteiger partial charge on any atom is -0.361 e. The molecule has 22 heavy (non-hydrogen) atoms. The van der Waals surface area contributed by atoms with Gasteiger partial charge in [-0.1, -0.05) is 11.6 Å². The van der Waals surface area contributed by atoms with E-state index < -0.39 is 0 Å². The zero-order valence-electron chi connectivity index (χ0n) is 11.6. The fourth-order valence-electron chi connectivity index (χ4n) is 2.31. The van der Waals surface area contributed by atoms with Gasteiger partial charge in [-0.3, -0.25) is 9.78 Å². The Hall–Kier alpha value is -1.85. The van der Waals surface area contributed by atoms with Gasteiger partial charge in [0.05, 0.1) is 5.56 Å². The van der Waals surface area contributed by atoms with Crippen molar-refractivity contribution in [3.63, 3.8) is 0 Å². The largest absolute Gasteiger partial charge is 0.361 e. The van der Waals surface area contributed by atoms with Gasteiger partial charge in [-0.2, -0.15) is 0 Å². The lowest BCUT2D eigenvalue weighted by atomic mass is 10.1. The van der Waals surface area contributed by atoms with Crippen LogP contribution in [0.25, 0.3) is 10.9 Å². The van der Waals surface area contributed by atoms with Crippen LogP contribution in [-0.4, -0.2) is 22.4 Å². The number of hydrogen-bond donors (Lipinski definition) is 2. The maximum atomic E-state index is 12.0. The summed E-state index contributed by atoms with van der Waals surface area (Å²) in [6, 6.07) is 7.48. The van der Waals surface area contributed by atoms with Gasteiger partial charge in [0.1, 0.15) is 0 Å². The van der Waals surface area contributed by atoms with Gasteiger partial charge in [0.25, 0.3) is 5.91 Å². The van der Waals surface area contributed by atoms with Crippen LogP contribution in [0.5, 0.6) is 0 Å². The number of halogens is 2. The summed E-state index contributed by atoms with van der Waals surface area (Å²) in [4.78, 5) is 19.2. The fourth-order valence-corrected chi connectivity index (χ4v) is 2.84. The highest BCUT2D eigenvalue weighted by Crippen LogP contribution is 2.22. The van der Waals surface area contributed by atoms with Crippen LogP contribution in [0.15, 0.2) is 47.3 Å². The summed E-state index contributed by atoms with van der Waals surface area (Å²) in [6.07, 6.45) is 5.87. The second-order valence-corrected chi connectivity index (χ2v) is 6.25. The molecule has 3 aromatic rings. The molecule has 0 atom stereocenters. The van der Waals surface area contributed by atoms with E-state index in [0.29, 0.717) is 17.1 Å². The number of amides is 1. The van der Waals surface area contributed by atoms with E-state index in [1.54, 1.807) is 18.5 Å². The molecule has 0 radical (unpaired) electrons. The van der Waals surface area contributed by atoms with Crippen LogP contribution in [0.2, 0.25) is 5.02 Å². The van der Waals surface area contributed by atoms with Crippen molar-refractivity contribution >= 4 is 44.3 Å². The van der Waals surface area contributed by atoms with Crippen LogP contribution in [0.4, 0.5) is 0 Å². The molecule has 1 aromatic carbocycles. The number of benzene rings is 1. The number of carbonyl (C=O) groups is 1. The van der Waals surface area contributed by atoms with E-state index >= 15 is 0 Å².